The van der Waals surface area contributed by atoms with E-state index < -0.39 is 0 Å². The molecular formula is C28H41BrN2. The van der Waals surface area contributed by atoms with Crippen LogP contribution in [0.5, 0.6) is 0 Å². The Labute approximate surface area is 198 Å². The zero-order valence-corrected chi connectivity index (χ0v) is 21.3. The Kier molecular flexibility index (Phi) is 10.5. The minimum atomic E-state index is 0.875. The lowest BCUT2D eigenvalue weighted by Crippen LogP contribution is -2.15. The normalized spacial score (nSPS) is 18.9. The van der Waals surface area contributed by atoms with Crippen molar-refractivity contribution in [3.63, 3.8) is 0 Å². The molecule has 2 aromatic rings. The van der Waals surface area contributed by atoms with E-state index in [2.05, 4.69) is 48.0 Å². The van der Waals surface area contributed by atoms with Gasteiger partial charge in [-0.05, 0) is 48.3 Å². The number of unbranched alkanes of at least 4 members (excludes halogenated alkanes) is 4. The first kappa shape index (κ1) is 24.4. The number of hydrogen-bond acceptors (Lipinski definition) is 2. The lowest BCUT2D eigenvalue weighted by molar-refractivity contribution is 0.248. The number of hydrogen-bond donors (Lipinski definition) is 0. The van der Waals surface area contributed by atoms with E-state index >= 15 is 0 Å². The predicted molar refractivity (Wildman–Crippen MR) is 136 cm³/mol. The summed E-state index contributed by atoms with van der Waals surface area (Å²) in [4.78, 5) is 9.39. The summed E-state index contributed by atoms with van der Waals surface area (Å²) in [6.07, 6.45) is 22.6. The first-order chi connectivity index (χ1) is 15.2. The number of aromatic nitrogens is 2. The highest BCUT2D eigenvalue weighted by atomic mass is 79.9. The molecule has 0 amide bonds. The standard InChI is InChI=1S/C28H41BrN2/c1-3-5-7-9-22-11-13-23(14-12-22)16-18-28-30-20-25(21-31-28)26-17-15-24(19-27(26)29)10-8-6-4-2/h15,17,19-23H,3-14,16,18H2,1-2H3/t22-,23-. The molecule has 3 rings (SSSR count). The fourth-order valence-electron chi connectivity index (χ4n) is 4.98. The van der Waals surface area contributed by atoms with Gasteiger partial charge in [-0.3, -0.25) is 0 Å². The number of rotatable bonds is 12. The van der Waals surface area contributed by atoms with Crippen LogP contribution in [0.1, 0.15) is 102 Å². The topological polar surface area (TPSA) is 25.8 Å². The number of benzene rings is 1. The van der Waals surface area contributed by atoms with Gasteiger partial charge in [-0.15, -0.1) is 0 Å². The molecule has 1 aromatic heterocycles. The van der Waals surface area contributed by atoms with E-state index in [0.717, 1.165) is 40.5 Å². The van der Waals surface area contributed by atoms with Gasteiger partial charge in [0, 0.05) is 28.9 Å². The molecule has 1 fully saturated rings. The molecule has 1 saturated carbocycles. The summed E-state index contributed by atoms with van der Waals surface area (Å²) in [6, 6.07) is 6.72. The molecule has 0 unspecified atom stereocenters. The highest BCUT2D eigenvalue weighted by molar-refractivity contribution is 9.10. The zero-order valence-electron chi connectivity index (χ0n) is 19.7. The summed E-state index contributed by atoms with van der Waals surface area (Å²) in [5.74, 6) is 2.87. The maximum atomic E-state index is 4.70. The van der Waals surface area contributed by atoms with Crippen molar-refractivity contribution in [2.24, 2.45) is 11.8 Å². The summed E-state index contributed by atoms with van der Waals surface area (Å²) in [7, 11) is 0. The maximum Gasteiger partial charge on any atom is 0.128 e. The molecule has 1 aliphatic rings. The molecule has 0 N–H and O–H groups in total. The Morgan fingerprint density at radius 1 is 0.806 bits per heavy atom. The predicted octanol–water partition coefficient (Wildman–Crippen LogP) is 8.96. The van der Waals surface area contributed by atoms with Crippen LogP contribution in [0.15, 0.2) is 35.1 Å². The summed E-state index contributed by atoms with van der Waals surface area (Å²) in [5, 5.41) is 0. The maximum absolute atomic E-state index is 4.70. The summed E-state index contributed by atoms with van der Waals surface area (Å²) in [5.41, 5.74) is 3.69. The second kappa shape index (κ2) is 13.4. The second-order valence-corrected chi connectivity index (χ2v) is 10.4. The van der Waals surface area contributed by atoms with Crippen LogP contribution in [0.2, 0.25) is 0 Å². The van der Waals surface area contributed by atoms with Gasteiger partial charge in [0.05, 0.1) is 0 Å². The van der Waals surface area contributed by atoms with Crippen molar-refractivity contribution in [1.29, 1.82) is 0 Å². The minimum absolute atomic E-state index is 0.875. The summed E-state index contributed by atoms with van der Waals surface area (Å²) in [6.45, 7) is 4.55. The number of halogens is 1. The van der Waals surface area contributed by atoms with Gasteiger partial charge >= 0.3 is 0 Å². The molecule has 1 aromatic carbocycles. The third-order valence-electron chi connectivity index (χ3n) is 7.08. The Hall–Kier alpha value is -1.22. The van der Waals surface area contributed by atoms with Crippen molar-refractivity contribution in [3.05, 3.63) is 46.5 Å². The number of nitrogens with zero attached hydrogens (tertiary/aromatic N) is 2. The van der Waals surface area contributed by atoms with Crippen LogP contribution in [0.4, 0.5) is 0 Å². The summed E-state index contributed by atoms with van der Waals surface area (Å²) >= 11 is 3.76. The van der Waals surface area contributed by atoms with E-state index in [1.807, 2.05) is 12.4 Å². The van der Waals surface area contributed by atoms with Crippen LogP contribution >= 0.6 is 15.9 Å². The lowest BCUT2D eigenvalue weighted by atomic mass is 9.78. The summed E-state index contributed by atoms with van der Waals surface area (Å²) < 4.78 is 1.15. The van der Waals surface area contributed by atoms with E-state index in [1.54, 1.807) is 0 Å². The fraction of sp³-hybridized carbons (Fsp3) is 0.643. The molecule has 1 heterocycles. The molecule has 0 bridgehead atoms. The monoisotopic (exact) mass is 484 g/mol. The second-order valence-electron chi connectivity index (χ2n) is 9.58. The molecule has 0 radical (unpaired) electrons. The highest BCUT2D eigenvalue weighted by Gasteiger charge is 2.21. The van der Waals surface area contributed by atoms with E-state index in [4.69, 9.17) is 9.97 Å². The first-order valence-electron chi connectivity index (χ1n) is 12.8. The van der Waals surface area contributed by atoms with E-state index in [9.17, 15) is 0 Å². The Bertz CT molecular complexity index is 763. The molecule has 1 aliphatic carbocycles. The van der Waals surface area contributed by atoms with Crippen molar-refractivity contribution >= 4 is 15.9 Å². The molecule has 3 heteroatoms. The van der Waals surface area contributed by atoms with E-state index in [-0.39, 0.29) is 0 Å². The van der Waals surface area contributed by atoms with Crippen molar-refractivity contribution in [3.8, 4) is 11.1 Å². The lowest BCUT2D eigenvalue weighted by Gasteiger charge is -2.28. The van der Waals surface area contributed by atoms with E-state index in [0.29, 0.717) is 0 Å². The third-order valence-corrected chi connectivity index (χ3v) is 7.73. The van der Waals surface area contributed by atoms with Gasteiger partial charge in [-0.2, -0.15) is 0 Å². The van der Waals surface area contributed by atoms with Gasteiger partial charge in [0.25, 0.3) is 0 Å². The quantitative estimate of drug-likeness (QED) is 0.280. The molecule has 0 spiro atoms. The van der Waals surface area contributed by atoms with Gasteiger partial charge < -0.3 is 0 Å². The van der Waals surface area contributed by atoms with Crippen LogP contribution in [0.25, 0.3) is 11.1 Å². The van der Waals surface area contributed by atoms with Crippen molar-refractivity contribution in [1.82, 2.24) is 9.97 Å². The molecule has 2 nitrogen and oxygen atoms in total. The molecular weight excluding hydrogens is 444 g/mol. The first-order valence-corrected chi connectivity index (χ1v) is 13.6. The largest absolute Gasteiger partial charge is 0.241 e. The molecule has 31 heavy (non-hydrogen) atoms. The Morgan fingerprint density at radius 3 is 2.10 bits per heavy atom. The average Bonchev–Trinajstić information content (AvgIpc) is 2.79. The van der Waals surface area contributed by atoms with Crippen molar-refractivity contribution in [2.75, 3.05) is 0 Å². The Balaban J connectivity index is 1.45. The SMILES string of the molecule is CCCCCc1ccc(-c2cnc(CC[C@H]3CC[C@H](CCCCC)CC3)nc2)c(Br)c1. The Morgan fingerprint density at radius 2 is 1.45 bits per heavy atom. The van der Waals surface area contributed by atoms with Gasteiger partial charge in [0.2, 0.25) is 0 Å². The van der Waals surface area contributed by atoms with Crippen molar-refractivity contribution in [2.45, 2.75) is 104 Å². The minimum Gasteiger partial charge on any atom is -0.241 e. The van der Waals surface area contributed by atoms with Crippen LogP contribution in [0.3, 0.4) is 0 Å². The van der Waals surface area contributed by atoms with Crippen LogP contribution in [0, 0.1) is 11.8 Å². The van der Waals surface area contributed by atoms with Gasteiger partial charge in [-0.1, -0.05) is 106 Å². The fourth-order valence-corrected chi connectivity index (χ4v) is 5.63. The third kappa shape index (κ3) is 8.00. The van der Waals surface area contributed by atoms with Gasteiger partial charge in [-0.25, -0.2) is 9.97 Å². The molecule has 0 saturated heterocycles. The molecule has 0 atom stereocenters. The molecule has 170 valence electrons. The highest BCUT2D eigenvalue weighted by Crippen LogP contribution is 2.34. The van der Waals surface area contributed by atoms with Crippen LogP contribution in [-0.4, -0.2) is 9.97 Å². The molecule has 0 aliphatic heterocycles. The van der Waals surface area contributed by atoms with Crippen LogP contribution in [-0.2, 0) is 12.8 Å². The van der Waals surface area contributed by atoms with E-state index in [1.165, 1.54) is 88.2 Å². The smallest absolute Gasteiger partial charge is 0.128 e. The van der Waals surface area contributed by atoms with Gasteiger partial charge in [0.1, 0.15) is 5.82 Å². The number of aryl methyl sites for hydroxylation is 2. The van der Waals surface area contributed by atoms with Crippen LogP contribution < -0.4 is 0 Å². The van der Waals surface area contributed by atoms with Gasteiger partial charge in [0.15, 0.2) is 0 Å². The van der Waals surface area contributed by atoms with Crippen molar-refractivity contribution < 1.29 is 0 Å². The average molecular weight is 486 g/mol. The zero-order chi connectivity index (χ0) is 21.9.